The molecule has 17 heavy (non-hydrogen) atoms. The summed E-state index contributed by atoms with van der Waals surface area (Å²) in [5.74, 6) is 0.0760. The Kier molecular flexibility index (Phi) is 4.93. The van der Waals surface area contributed by atoms with Gasteiger partial charge in [0.15, 0.2) is 5.78 Å². The van der Waals surface area contributed by atoms with Crippen molar-refractivity contribution in [2.45, 2.75) is 51.9 Å². The first-order chi connectivity index (χ1) is 7.93. The number of methoxy groups -OCH3 is 1. The lowest BCUT2D eigenvalue weighted by Gasteiger charge is -2.35. The average molecular weight is 243 g/mol. The fraction of sp³-hybridized carbons (Fsp3) is 0.833. The van der Waals surface area contributed by atoms with Crippen LogP contribution in [-0.4, -0.2) is 37.2 Å². The van der Waals surface area contributed by atoms with E-state index in [0.717, 1.165) is 12.8 Å². The fourth-order valence-electron chi connectivity index (χ4n) is 2.47. The van der Waals surface area contributed by atoms with Crippen molar-refractivity contribution in [3.63, 3.8) is 0 Å². The smallest absolute Gasteiger partial charge is 0.407 e. The first kappa shape index (κ1) is 14.0. The molecular formula is C12H21NO4. The van der Waals surface area contributed by atoms with E-state index in [2.05, 4.69) is 10.1 Å². The molecule has 1 rings (SSSR count). The molecule has 0 aromatic heterocycles. The van der Waals surface area contributed by atoms with Crippen LogP contribution in [0, 0.1) is 5.92 Å². The second kappa shape index (κ2) is 6.00. The number of hydrogen-bond donors (Lipinski definition) is 1. The first-order valence-corrected chi connectivity index (χ1v) is 5.94. The molecule has 0 aliphatic carbocycles. The predicted molar refractivity (Wildman–Crippen MR) is 62.7 cm³/mol. The van der Waals surface area contributed by atoms with Gasteiger partial charge in [-0.2, -0.15) is 0 Å². The maximum absolute atomic E-state index is 11.6. The van der Waals surface area contributed by atoms with E-state index < -0.39 is 12.1 Å². The molecule has 98 valence electrons. The van der Waals surface area contributed by atoms with E-state index in [1.807, 2.05) is 13.8 Å². The van der Waals surface area contributed by atoms with Crippen LogP contribution in [0.15, 0.2) is 0 Å². The highest BCUT2D eigenvalue weighted by molar-refractivity contribution is 5.85. The zero-order valence-corrected chi connectivity index (χ0v) is 10.9. The van der Waals surface area contributed by atoms with E-state index in [1.165, 1.54) is 14.0 Å². The van der Waals surface area contributed by atoms with Crippen LogP contribution in [0.5, 0.6) is 0 Å². The van der Waals surface area contributed by atoms with Gasteiger partial charge in [-0.3, -0.25) is 4.79 Å². The molecule has 0 unspecified atom stereocenters. The monoisotopic (exact) mass is 243 g/mol. The lowest BCUT2D eigenvalue weighted by Crippen LogP contribution is -2.48. The summed E-state index contributed by atoms with van der Waals surface area (Å²) in [5, 5.41) is 2.61. The van der Waals surface area contributed by atoms with E-state index in [-0.39, 0.29) is 23.9 Å². The van der Waals surface area contributed by atoms with Crippen LogP contribution in [0.2, 0.25) is 0 Å². The van der Waals surface area contributed by atoms with Gasteiger partial charge in [-0.15, -0.1) is 0 Å². The molecule has 0 bridgehead atoms. The third-order valence-corrected chi connectivity index (χ3v) is 3.10. The summed E-state index contributed by atoms with van der Waals surface area (Å²) >= 11 is 0. The summed E-state index contributed by atoms with van der Waals surface area (Å²) in [7, 11) is 1.29. The van der Waals surface area contributed by atoms with Crippen molar-refractivity contribution in [1.82, 2.24) is 5.32 Å². The van der Waals surface area contributed by atoms with Crippen molar-refractivity contribution in [1.29, 1.82) is 0 Å². The summed E-state index contributed by atoms with van der Waals surface area (Å²) in [6.45, 7) is 5.46. The maximum atomic E-state index is 11.6. The first-order valence-electron chi connectivity index (χ1n) is 5.94. The van der Waals surface area contributed by atoms with E-state index in [9.17, 15) is 9.59 Å². The van der Waals surface area contributed by atoms with Crippen LogP contribution in [0.25, 0.3) is 0 Å². The standard InChI is InChI=1S/C12H21NO4/c1-7-5-10(6-8(2)17-7)11(9(3)14)13-12(15)16-4/h7-8,10-11H,5-6H2,1-4H3,(H,13,15)/t7-,8+,10-,11-/m0/s1. The number of ether oxygens (including phenoxy) is 2. The average Bonchev–Trinajstić information content (AvgIpc) is 2.23. The van der Waals surface area contributed by atoms with E-state index in [1.54, 1.807) is 0 Å². The Morgan fingerprint density at radius 3 is 2.24 bits per heavy atom. The van der Waals surface area contributed by atoms with Gasteiger partial charge in [0.1, 0.15) is 0 Å². The predicted octanol–water partition coefficient (Wildman–Crippen LogP) is 1.50. The van der Waals surface area contributed by atoms with E-state index >= 15 is 0 Å². The third-order valence-electron chi connectivity index (χ3n) is 3.10. The van der Waals surface area contributed by atoms with Gasteiger partial charge in [-0.25, -0.2) is 4.79 Å². The number of carbonyl (C=O) groups is 2. The van der Waals surface area contributed by atoms with Crippen LogP contribution >= 0.6 is 0 Å². The molecule has 1 saturated heterocycles. The Morgan fingerprint density at radius 2 is 1.82 bits per heavy atom. The fourth-order valence-corrected chi connectivity index (χ4v) is 2.47. The quantitative estimate of drug-likeness (QED) is 0.816. The van der Waals surface area contributed by atoms with Crippen LogP contribution in [0.1, 0.15) is 33.6 Å². The normalized spacial score (nSPS) is 30.5. The van der Waals surface area contributed by atoms with Crippen LogP contribution in [0.3, 0.4) is 0 Å². The summed E-state index contributed by atoms with van der Waals surface area (Å²) in [5.41, 5.74) is 0. The highest BCUT2D eigenvalue weighted by Gasteiger charge is 2.34. The maximum Gasteiger partial charge on any atom is 0.407 e. The Morgan fingerprint density at radius 1 is 1.29 bits per heavy atom. The van der Waals surface area contributed by atoms with E-state index in [4.69, 9.17) is 4.74 Å². The number of hydrogen-bond acceptors (Lipinski definition) is 4. The van der Waals surface area contributed by atoms with Crippen molar-refractivity contribution >= 4 is 11.9 Å². The molecule has 0 spiro atoms. The Hall–Kier alpha value is -1.10. The van der Waals surface area contributed by atoms with Gasteiger partial charge >= 0.3 is 6.09 Å². The molecule has 4 atom stereocenters. The minimum atomic E-state index is -0.558. The molecule has 1 amide bonds. The van der Waals surface area contributed by atoms with Crippen molar-refractivity contribution in [2.24, 2.45) is 5.92 Å². The summed E-state index contributed by atoms with van der Waals surface area (Å²) in [4.78, 5) is 22.8. The molecule has 1 N–H and O–H groups in total. The molecule has 0 aromatic rings. The summed E-state index contributed by atoms with van der Waals surface area (Å²) < 4.78 is 10.2. The van der Waals surface area contributed by atoms with Gasteiger partial charge in [0.2, 0.25) is 0 Å². The molecule has 0 saturated carbocycles. The number of Topliss-reactive ketones (excluding diaryl/α,β-unsaturated/α-hetero) is 1. The number of alkyl carbamates (subject to hydrolysis) is 1. The molecule has 1 fully saturated rings. The minimum Gasteiger partial charge on any atom is -0.453 e. The molecule has 1 aliphatic heterocycles. The summed E-state index contributed by atoms with van der Waals surface area (Å²) in [6, 6.07) is -0.476. The van der Waals surface area contributed by atoms with Crippen molar-refractivity contribution in [2.75, 3.05) is 7.11 Å². The Labute approximate surface area is 102 Å². The molecule has 1 aliphatic rings. The number of rotatable bonds is 3. The number of carbonyl (C=O) groups excluding carboxylic acids is 2. The number of amides is 1. The zero-order valence-electron chi connectivity index (χ0n) is 10.9. The topological polar surface area (TPSA) is 64.6 Å². The lowest BCUT2D eigenvalue weighted by molar-refractivity contribution is -0.123. The van der Waals surface area contributed by atoms with Gasteiger partial charge in [-0.1, -0.05) is 0 Å². The van der Waals surface area contributed by atoms with Crippen molar-refractivity contribution in [3.05, 3.63) is 0 Å². The van der Waals surface area contributed by atoms with Gasteiger partial charge in [-0.05, 0) is 39.5 Å². The van der Waals surface area contributed by atoms with Gasteiger partial charge in [0.25, 0.3) is 0 Å². The highest BCUT2D eigenvalue weighted by Crippen LogP contribution is 2.27. The molecule has 1 heterocycles. The van der Waals surface area contributed by atoms with Crippen molar-refractivity contribution in [3.8, 4) is 0 Å². The van der Waals surface area contributed by atoms with Crippen molar-refractivity contribution < 1.29 is 19.1 Å². The van der Waals surface area contributed by atoms with Gasteiger partial charge in [0, 0.05) is 0 Å². The highest BCUT2D eigenvalue weighted by atomic mass is 16.5. The third kappa shape index (κ3) is 4.00. The second-order valence-corrected chi connectivity index (χ2v) is 4.71. The minimum absolute atomic E-state index is 0.0401. The van der Waals surface area contributed by atoms with E-state index in [0.29, 0.717) is 0 Å². The zero-order chi connectivity index (χ0) is 13.0. The lowest BCUT2D eigenvalue weighted by atomic mass is 9.84. The van der Waals surface area contributed by atoms with Crippen LogP contribution < -0.4 is 5.32 Å². The second-order valence-electron chi connectivity index (χ2n) is 4.71. The van der Waals surface area contributed by atoms with Gasteiger partial charge < -0.3 is 14.8 Å². The summed E-state index contributed by atoms with van der Waals surface area (Å²) in [6.07, 6.45) is 1.23. The molecule has 5 nitrogen and oxygen atoms in total. The number of nitrogens with one attached hydrogen (secondary N) is 1. The van der Waals surface area contributed by atoms with Gasteiger partial charge in [0.05, 0.1) is 25.4 Å². The van der Waals surface area contributed by atoms with Crippen LogP contribution in [-0.2, 0) is 14.3 Å². The molecule has 5 heteroatoms. The molecule has 0 aromatic carbocycles. The molecule has 0 radical (unpaired) electrons. The Balaban J connectivity index is 2.69. The number of ketones is 1. The Bertz CT molecular complexity index is 282. The SMILES string of the molecule is COC(=O)N[C@@H](C(C)=O)[C@@H]1C[C@@H](C)O[C@@H](C)C1. The van der Waals surface area contributed by atoms with Crippen LogP contribution in [0.4, 0.5) is 4.79 Å². The largest absolute Gasteiger partial charge is 0.453 e. The molecular weight excluding hydrogens is 222 g/mol.